The summed E-state index contributed by atoms with van der Waals surface area (Å²) in [7, 11) is -3.21. The summed E-state index contributed by atoms with van der Waals surface area (Å²) in [6.45, 7) is 6.47. The summed E-state index contributed by atoms with van der Waals surface area (Å²) in [5.41, 5.74) is 0. The highest BCUT2D eigenvalue weighted by Gasteiger charge is 2.45. The Morgan fingerprint density at radius 2 is 1.25 bits per heavy atom. The van der Waals surface area contributed by atoms with Gasteiger partial charge in [0.15, 0.2) is 0 Å². The van der Waals surface area contributed by atoms with E-state index in [1.807, 2.05) is 0 Å². The molecule has 12 heavy (non-hydrogen) atoms. The summed E-state index contributed by atoms with van der Waals surface area (Å²) in [5, 5.41) is 8.56. The van der Waals surface area contributed by atoms with E-state index in [9.17, 15) is 0 Å². The fourth-order valence-electron chi connectivity index (χ4n) is 0.734. The maximum absolute atomic E-state index is 8.56. The van der Waals surface area contributed by atoms with Crippen molar-refractivity contribution in [1.29, 1.82) is 0 Å². The molecule has 0 rings (SSSR count). The largest absolute Gasteiger partial charge is 0.707 e. The molecule has 0 aliphatic heterocycles. The maximum atomic E-state index is 8.56. The zero-order valence-corrected chi connectivity index (χ0v) is 8.70. The van der Waals surface area contributed by atoms with Crippen LogP contribution in [0.25, 0.3) is 0 Å². The minimum Gasteiger partial charge on any atom is -0.350 e. The molecule has 6 heteroatoms. The standard InChI is InChI=1S/C6H16O5Si/c1-4-8-12(11-7,9-5-2)10-6-3/h7H,4-6H2,1-3H3. The number of hydrogen-bond acceptors (Lipinski definition) is 5. The Morgan fingerprint density at radius 3 is 1.42 bits per heavy atom. The van der Waals surface area contributed by atoms with Crippen LogP contribution in [0.15, 0.2) is 0 Å². The Kier molecular flexibility index (Phi) is 6.53. The number of hydrogen-bond donors (Lipinski definition) is 1. The molecule has 0 amide bonds. The van der Waals surface area contributed by atoms with Crippen LogP contribution in [0.5, 0.6) is 0 Å². The van der Waals surface area contributed by atoms with E-state index < -0.39 is 9.05 Å². The van der Waals surface area contributed by atoms with Crippen molar-refractivity contribution in [2.45, 2.75) is 20.8 Å². The molecule has 0 aromatic carbocycles. The Labute approximate surface area is 73.6 Å². The molecule has 0 aliphatic rings. The van der Waals surface area contributed by atoms with Crippen LogP contribution in [-0.4, -0.2) is 34.1 Å². The maximum Gasteiger partial charge on any atom is 0.707 e. The molecular formula is C6H16O5Si. The van der Waals surface area contributed by atoms with Gasteiger partial charge in [-0.25, -0.2) is 0 Å². The van der Waals surface area contributed by atoms with Gasteiger partial charge in [0, 0.05) is 19.8 Å². The zero-order valence-electron chi connectivity index (χ0n) is 7.70. The Balaban J connectivity index is 4.06. The molecule has 0 aromatic rings. The summed E-state index contributed by atoms with van der Waals surface area (Å²) in [6, 6.07) is 0. The number of rotatable bonds is 7. The monoisotopic (exact) mass is 196 g/mol. The van der Waals surface area contributed by atoms with E-state index in [0.29, 0.717) is 19.8 Å². The summed E-state index contributed by atoms with van der Waals surface area (Å²) in [5.74, 6) is 0. The highest BCUT2D eigenvalue weighted by Crippen LogP contribution is 2.09. The van der Waals surface area contributed by atoms with E-state index in [2.05, 4.69) is 4.58 Å². The lowest BCUT2D eigenvalue weighted by molar-refractivity contribution is -0.227. The van der Waals surface area contributed by atoms with E-state index in [0.717, 1.165) is 0 Å². The van der Waals surface area contributed by atoms with Crippen molar-refractivity contribution in [2.75, 3.05) is 19.8 Å². The first-order valence-electron chi connectivity index (χ1n) is 3.99. The van der Waals surface area contributed by atoms with Crippen LogP contribution in [0.3, 0.4) is 0 Å². The van der Waals surface area contributed by atoms with Gasteiger partial charge >= 0.3 is 9.05 Å². The fraction of sp³-hybridized carbons (Fsp3) is 1.00. The molecule has 0 saturated carbocycles. The van der Waals surface area contributed by atoms with Crippen molar-refractivity contribution in [1.82, 2.24) is 0 Å². The lowest BCUT2D eigenvalue weighted by Crippen LogP contribution is -2.48. The molecule has 74 valence electrons. The van der Waals surface area contributed by atoms with Gasteiger partial charge in [-0.3, -0.25) is 5.26 Å². The molecule has 1 N–H and O–H groups in total. The van der Waals surface area contributed by atoms with E-state index in [1.165, 1.54) is 0 Å². The molecule has 0 aromatic heterocycles. The highest BCUT2D eigenvalue weighted by molar-refractivity contribution is 6.53. The summed E-state index contributed by atoms with van der Waals surface area (Å²) < 4.78 is 19.4. The molecule has 5 nitrogen and oxygen atoms in total. The Hall–Kier alpha value is 0.0169. The molecule has 0 saturated heterocycles. The molecule has 0 aliphatic carbocycles. The topological polar surface area (TPSA) is 57.2 Å². The predicted octanol–water partition coefficient (Wildman–Crippen LogP) is 1.02. The minimum absolute atomic E-state index is 0.382. The van der Waals surface area contributed by atoms with Crippen molar-refractivity contribution in [2.24, 2.45) is 0 Å². The molecule has 0 atom stereocenters. The second-order valence-electron chi connectivity index (χ2n) is 1.89. The summed E-state index contributed by atoms with van der Waals surface area (Å²) in [4.78, 5) is 0. The molecule has 0 spiro atoms. The van der Waals surface area contributed by atoms with Gasteiger partial charge in [-0.05, 0) is 20.8 Å². The third kappa shape index (κ3) is 3.61. The van der Waals surface area contributed by atoms with Crippen LogP contribution >= 0.6 is 0 Å². The van der Waals surface area contributed by atoms with Crippen LogP contribution in [-0.2, 0) is 17.9 Å². The minimum atomic E-state index is -3.21. The van der Waals surface area contributed by atoms with Crippen LogP contribution in [0.4, 0.5) is 0 Å². The molecule has 0 bridgehead atoms. The average Bonchev–Trinajstić information content (AvgIpc) is 2.06. The molecule has 0 unspecified atom stereocenters. The Bertz CT molecular complexity index is 93.1. The summed E-state index contributed by atoms with van der Waals surface area (Å²) in [6.07, 6.45) is 0. The zero-order chi connectivity index (χ0) is 9.45. The first-order chi connectivity index (χ1) is 5.74. The van der Waals surface area contributed by atoms with Gasteiger partial charge in [0.1, 0.15) is 0 Å². The van der Waals surface area contributed by atoms with Crippen LogP contribution in [0.1, 0.15) is 20.8 Å². The molecule has 0 heterocycles. The quantitative estimate of drug-likeness (QED) is 0.374. The second kappa shape index (κ2) is 6.52. The summed E-state index contributed by atoms with van der Waals surface area (Å²) >= 11 is 0. The smallest absolute Gasteiger partial charge is 0.350 e. The average molecular weight is 196 g/mol. The lowest BCUT2D eigenvalue weighted by Gasteiger charge is -2.22. The normalized spacial score (nSPS) is 12.0. The van der Waals surface area contributed by atoms with Gasteiger partial charge in [-0.1, -0.05) is 0 Å². The molecule has 0 fully saturated rings. The Morgan fingerprint density at radius 1 is 0.917 bits per heavy atom. The van der Waals surface area contributed by atoms with E-state index in [-0.39, 0.29) is 0 Å². The van der Waals surface area contributed by atoms with Crippen molar-refractivity contribution >= 4 is 9.05 Å². The van der Waals surface area contributed by atoms with Crippen molar-refractivity contribution < 1.29 is 23.1 Å². The van der Waals surface area contributed by atoms with Crippen LogP contribution in [0, 0.1) is 0 Å². The highest BCUT2D eigenvalue weighted by atomic mass is 28.4. The van der Waals surface area contributed by atoms with Crippen molar-refractivity contribution in [3.8, 4) is 0 Å². The first-order valence-corrected chi connectivity index (χ1v) is 5.62. The third-order valence-electron chi connectivity index (χ3n) is 1.08. The van der Waals surface area contributed by atoms with Gasteiger partial charge in [-0.15, -0.1) is 0 Å². The van der Waals surface area contributed by atoms with E-state index >= 15 is 0 Å². The molecule has 0 radical (unpaired) electrons. The molecular weight excluding hydrogens is 180 g/mol. The van der Waals surface area contributed by atoms with Gasteiger partial charge in [-0.2, -0.15) is 4.58 Å². The van der Waals surface area contributed by atoms with Gasteiger partial charge < -0.3 is 13.3 Å². The van der Waals surface area contributed by atoms with Gasteiger partial charge in [0.25, 0.3) is 0 Å². The van der Waals surface area contributed by atoms with E-state index in [1.54, 1.807) is 20.8 Å². The van der Waals surface area contributed by atoms with Gasteiger partial charge in [0.2, 0.25) is 0 Å². The fourth-order valence-corrected chi connectivity index (χ4v) is 2.20. The lowest BCUT2D eigenvalue weighted by atomic mass is 10.9. The van der Waals surface area contributed by atoms with Crippen LogP contribution < -0.4 is 0 Å². The third-order valence-corrected chi connectivity index (χ3v) is 3.23. The first kappa shape index (κ1) is 12.0. The van der Waals surface area contributed by atoms with Crippen LogP contribution in [0.2, 0.25) is 0 Å². The van der Waals surface area contributed by atoms with E-state index in [4.69, 9.17) is 18.5 Å². The van der Waals surface area contributed by atoms with Crippen molar-refractivity contribution in [3.05, 3.63) is 0 Å². The van der Waals surface area contributed by atoms with Crippen molar-refractivity contribution in [3.63, 3.8) is 0 Å². The SMILES string of the molecule is CCO[Si](OO)(OCC)OCC. The van der Waals surface area contributed by atoms with Gasteiger partial charge in [0.05, 0.1) is 0 Å². The second-order valence-corrected chi connectivity index (χ2v) is 3.94. The predicted molar refractivity (Wildman–Crippen MR) is 44.3 cm³/mol.